The Bertz CT molecular complexity index is 444. The molecule has 1 aromatic rings. The van der Waals surface area contributed by atoms with E-state index in [0.29, 0.717) is 29.7 Å². The minimum absolute atomic E-state index is 0.0996. The van der Waals surface area contributed by atoms with Crippen LogP contribution in [0.3, 0.4) is 0 Å². The Kier molecular flexibility index (Phi) is 5.09. The summed E-state index contributed by atoms with van der Waals surface area (Å²) in [6, 6.07) is 3.86. The molecule has 0 amide bonds. The van der Waals surface area contributed by atoms with Crippen LogP contribution in [0.2, 0.25) is 0 Å². The van der Waals surface area contributed by atoms with E-state index in [1.807, 2.05) is 12.1 Å². The first-order valence-corrected chi connectivity index (χ1v) is 6.86. The molecule has 0 aliphatic heterocycles. The lowest BCUT2D eigenvalue weighted by molar-refractivity contribution is 0.0429. The van der Waals surface area contributed by atoms with Crippen LogP contribution >= 0.6 is 0 Å². The van der Waals surface area contributed by atoms with Crippen molar-refractivity contribution in [3.05, 3.63) is 17.7 Å². The van der Waals surface area contributed by atoms with Gasteiger partial charge in [-0.05, 0) is 31.4 Å². The molecule has 0 radical (unpaired) electrons. The first-order valence-electron chi connectivity index (χ1n) is 6.86. The van der Waals surface area contributed by atoms with Gasteiger partial charge >= 0.3 is 0 Å². The minimum atomic E-state index is -0.0996. The maximum absolute atomic E-state index is 9.26. The molecule has 0 bridgehead atoms. The fourth-order valence-electron chi connectivity index (χ4n) is 2.58. The predicted molar refractivity (Wildman–Crippen MR) is 76.5 cm³/mol. The van der Waals surface area contributed by atoms with Crippen molar-refractivity contribution in [3.8, 4) is 17.2 Å². The maximum atomic E-state index is 9.26. The lowest BCUT2D eigenvalue weighted by Crippen LogP contribution is -2.35. The molecule has 0 aromatic heterocycles. The van der Waals surface area contributed by atoms with Crippen LogP contribution in [0.15, 0.2) is 12.1 Å². The van der Waals surface area contributed by atoms with Gasteiger partial charge in [0.2, 0.25) is 5.75 Å². The Morgan fingerprint density at radius 3 is 2.35 bits per heavy atom. The van der Waals surface area contributed by atoms with Crippen molar-refractivity contribution in [2.75, 3.05) is 27.9 Å². The Labute approximate surface area is 119 Å². The van der Waals surface area contributed by atoms with Crippen molar-refractivity contribution in [3.63, 3.8) is 0 Å². The summed E-state index contributed by atoms with van der Waals surface area (Å²) in [4.78, 5) is 0. The highest BCUT2D eigenvalue weighted by Crippen LogP contribution is 2.39. The SMILES string of the molecule is COc1ccc(CNCC2CC(O)C2)c(OC)c1OC. The van der Waals surface area contributed by atoms with E-state index in [-0.39, 0.29) is 6.10 Å². The van der Waals surface area contributed by atoms with Crippen LogP contribution in [0.5, 0.6) is 17.2 Å². The molecule has 0 spiro atoms. The van der Waals surface area contributed by atoms with Gasteiger partial charge in [-0.3, -0.25) is 0 Å². The summed E-state index contributed by atoms with van der Waals surface area (Å²) >= 11 is 0. The van der Waals surface area contributed by atoms with Crippen molar-refractivity contribution in [1.29, 1.82) is 0 Å². The van der Waals surface area contributed by atoms with Gasteiger partial charge in [-0.25, -0.2) is 0 Å². The number of nitrogens with one attached hydrogen (secondary N) is 1. The Morgan fingerprint density at radius 1 is 1.10 bits per heavy atom. The first kappa shape index (κ1) is 14.9. The van der Waals surface area contributed by atoms with Gasteiger partial charge in [-0.1, -0.05) is 6.07 Å². The second-order valence-electron chi connectivity index (χ2n) is 5.12. The lowest BCUT2D eigenvalue weighted by atomic mass is 9.82. The predicted octanol–water partition coefficient (Wildman–Crippen LogP) is 1.57. The molecule has 112 valence electrons. The number of aliphatic hydroxyl groups is 1. The van der Waals surface area contributed by atoms with Crippen LogP contribution in [0.4, 0.5) is 0 Å². The Balaban J connectivity index is 1.99. The van der Waals surface area contributed by atoms with Crippen molar-refractivity contribution in [1.82, 2.24) is 5.32 Å². The van der Waals surface area contributed by atoms with E-state index in [9.17, 15) is 5.11 Å². The van der Waals surface area contributed by atoms with Crippen LogP contribution in [0, 0.1) is 5.92 Å². The number of hydrogen-bond acceptors (Lipinski definition) is 5. The summed E-state index contributed by atoms with van der Waals surface area (Å²) in [6.45, 7) is 1.62. The summed E-state index contributed by atoms with van der Waals surface area (Å²) in [5.41, 5.74) is 1.03. The van der Waals surface area contributed by atoms with E-state index in [2.05, 4.69) is 5.32 Å². The third-order valence-corrected chi connectivity index (χ3v) is 3.75. The van der Waals surface area contributed by atoms with E-state index in [1.165, 1.54) is 0 Å². The van der Waals surface area contributed by atoms with Crippen LogP contribution in [-0.4, -0.2) is 39.1 Å². The molecule has 2 rings (SSSR count). The van der Waals surface area contributed by atoms with Crippen LogP contribution < -0.4 is 19.5 Å². The van der Waals surface area contributed by atoms with Gasteiger partial charge in [-0.2, -0.15) is 0 Å². The highest BCUT2D eigenvalue weighted by atomic mass is 16.5. The molecule has 0 atom stereocenters. The molecule has 5 nitrogen and oxygen atoms in total. The molecule has 1 aromatic carbocycles. The molecule has 2 N–H and O–H groups in total. The monoisotopic (exact) mass is 281 g/mol. The van der Waals surface area contributed by atoms with Crippen molar-refractivity contribution in [2.45, 2.75) is 25.5 Å². The molecular weight excluding hydrogens is 258 g/mol. The Morgan fingerprint density at radius 2 is 1.80 bits per heavy atom. The van der Waals surface area contributed by atoms with Crippen LogP contribution in [0.1, 0.15) is 18.4 Å². The summed E-state index contributed by atoms with van der Waals surface area (Å²) in [7, 11) is 4.84. The van der Waals surface area contributed by atoms with Crippen molar-refractivity contribution >= 4 is 0 Å². The molecule has 0 saturated heterocycles. The molecule has 0 unspecified atom stereocenters. The first-order chi connectivity index (χ1) is 9.69. The molecular formula is C15H23NO4. The normalized spacial score (nSPS) is 21.2. The molecule has 20 heavy (non-hydrogen) atoms. The average molecular weight is 281 g/mol. The fourth-order valence-corrected chi connectivity index (χ4v) is 2.58. The van der Waals surface area contributed by atoms with E-state index in [4.69, 9.17) is 14.2 Å². The zero-order valence-electron chi connectivity index (χ0n) is 12.3. The third kappa shape index (κ3) is 3.16. The molecule has 0 heterocycles. The highest BCUT2D eigenvalue weighted by molar-refractivity contribution is 5.55. The largest absolute Gasteiger partial charge is 0.493 e. The topological polar surface area (TPSA) is 60.0 Å². The zero-order chi connectivity index (χ0) is 14.5. The van der Waals surface area contributed by atoms with Crippen molar-refractivity contribution < 1.29 is 19.3 Å². The molecule has 1 fully saturated rings. The fraction of sp³-hybridized carbons (Fsp3) is 0.600. The van der Waals surface area contributed by atoms with Gasteiger partial charge in [-0.15, -0.1) is 0 Å². The van der Waals surface area contributed by atoms with Gasteiger partial charge < -0.3 is 24.6 Å². The van der Waals surface area contributed by atoms with Gasteiger partial charge in [0.05, 0.1) is 27.4 Å². The quantitative estimate of drug-likeness (QED) is 0.794. The highest BCUT2D eigenvalue weighted by Gasteiger charge is 2.26. The molecule has 1 aliphatic carbocycles. The smallest absolute Gasteiger partial charge is 0.203 e. The van der Waals surface area contributed by atoms with E-state index >= 15 is 0 Å². The number of aliphatic hydroxyl groups excluding tert-OH is 1. The second kappa shape index (κ2) is 6.81. The number of rotatable bonds is 7. The number of hydrogen-bond donors (Lipinski definition) is 2. The summed E-state index contributed by atoms with van der Waals surface area (Å²) in [5, 5.41) is 12.7. The summed E-state index contributed by atoms with van der Waals surface area (Å²) in [6.07, 6.45) is 1.70. The van der Waals surface area contributed by atoms with E-state index < -0.39 is 0 Å². The minimum Gasteiger partial charge on any atom is -0.493 e. The van der Waals surface area contributed by atoms with Gasteiger partial charge in [0.25, 0.3) is 0 Å². The van der Waals surface area contributed by atoms with E-state index in [0.717, 1.165) is 24.9 Å². The van der Waals surface area contributed by atoms with Gasteiger partial charge in [0.15, 0.2) is 11.5 Å². The number of ether oxygens (including phenoxy) is 3. The van der Waals surface area contributed by atoms with E-state index in [1.54, 1.807) is 21.3 Å². The standard InChI is InChI=1S/C15H23NO4/c1-18-13-5-4-11(14(19-2)15(13)20-3)9-16-8-10-6-12(17)7-10/h4-5,10,12,16-17H,6-9H2,1-3H3. The van der Waals surface area contributed by atoms with Crippen LogP contribution in [0.25, 0.3) is 0 Å². The maximum Gasteiger partial charge on any atom is 0.203 e. The lowest BCUT2D eigenvalue weighted by Gasteiger charge is -2.31. The second-order valence-corrected chi connectivity index (χ2v) is 5.12. The molecule has 1 aliphatic rings. The number of benzene rings is 1. The average Bonchev–Trinajstić information content (AvgIpc) is 2.44. The molecule has 1 saturated carbocycles. The van der Waals surface area contributed by atoms with Gasteiger partial charge in [0, 0.05) is 12.1 Å². The van der Waals surface area contributed by atoms with Gasteiger partial charge in [0.1, 0.15) is 0 Å². The van der Waals surface area contributed by atoms with Crippen LogP contribution in [-0.2, 0) is 6.54 Å². The zero-order valence-corrected chi connectivity index (χ0v) is 12.3. The third-order valence-electron chi connectivity index (χ3n) is 3.75. The van der Waals surface area contributed by atoms with Crippen molar-refractivity contribution in [2.24, 2.45) is 5.92 Å². The summed E-state index contributed by atoms with van der Waals surface area (Å²) in [5.74, 6) is 2.56. The summed E-state index contributed by atoms with van der Waals surface area (Å²) < 4.78 is 16.1. The Hall–Kier alpha value is -1.46. The number of methoxy groups -OCH3 is 3. The molecule has 5 heteroatoms.